The summed E-state index contributed by atoms with van der Waals surface area (Å²) in [5, 5.41) is 9.54. The predicted molar refractivity (Wildman–Crippen MR) is 54.2 cm³/mol. The third-order valence-corrected chi connectivity index (χ3v) is 2.39. The minimum Gasteiger partial charge on any atom is -0.506 e. The van der Waals surface area contributed by atoms with Gasteiger partial charge in [0.05, 0.1) is 5.69 Å². The predicted octanol–water partition coefficient (Wildman–Crippen LogP) is 2.18. The Morgan fingerprint density at radius 2 is 2.00 bits per heavy atom. The minimum atomic E-state index is 0.340. The van der Waals surface area contributed by atoms with Gasteiger partial charge < -0.3 is 10.0 Å². The molecule has 0 spiro atoms. The molecule has 0 fully saturated rings. The summed E-state index contributed by atoms with van der Waals surface area (Å²) in [6, 6.07) is 5.70. The van der Waals surface area contributed by atoms with Crippen molar-refractivity contribution in [3.8, 4) is 5.75 Å². The second kappa shape index (κ2) is 3.72. The third kappa shape index (κ3) is 1.85. The van der Waals surface area contributed by atoms with Gasteiger partial charge in [-0.3, -0.25) is 0 Å². The van der Waals surface area contributed by atoms with Crippen LogP contribution in [0.3, 0.4) is 0 Å². The van der Waals surface area contributed by atoms with Crippen LogP contribution in [0.15, 0.2) is 23.1 Å². The smallest absolute Gasteiger partial charge is 0.139 e. The monoisotopic (exact) mass is 183 g/mol. The van der Waals surface area contributed by atoms with Gasteiger partial charge in [0.25, 0.3) is 0 Å². The van der Waals surface area contributed by atoms with E-state index >= 15 is 0 Å². The van der Waals surface area contributed by atoms with Gasteiger partial charge in [-0.15, -0.1) is 11.8 Å². The lowest BCUT2D eigenvalue weighted by Crippen LogP contribution is -2.08. The normalized spacial score (nSPS) is 9.92. The Morgan fingerprint density at radius 3 is 2.42 bits per heavy atom. The van der Waals surface area contributed by atoms with Gasteiger partial charge >= 0.3 is 0 Å². The van der Waals surface area contributed by atoms with Gasteiger partial charge in [-0.2, -0.15) is 0 Å². The van der Waals surface area contributed by atoms with Crippen LogP contribution >= 0.6 is 11.8 Å². The van der Waals surface area contributed by atoms with Crippen LogP contribution in [0, 0.1) is 0 Å². The van der Waals surface area contributed by atoms with Crippen LogP contribution in [0.1, 0.15) is 0 Å². The van der Waals surface area contributed by atoms with Gasteiger partial charge in [0, 0.05) is 19.0 Å². The summed E-state index contributed by atoms with van der Waals surface area (Å²) < 4.78 is 0. The number of phenolic OH excluding ortho intramolecular Hbond substituents is 1. The topological polar surface area (TPSA) is 23.5 Å². The zero-order valence-corrected chi connectivity index (χ0v) is 8.35. The van der Waals surface area contributed by atoms with Crippen molar-refractivity contribution in [2.45, 2.75) is 4.90 Å². The first-order valence-electron chi connectivity index (χ1n) is 3.69. The fourth-order valence-corrected chi connectivity index (χ4v) is 1.44. The zero-order chi connectivity index (χ0) is 9.14. The summed E-state index contributed by atoms with van der Waals surface area (Å²) in [5.41, 5.74) is 0.854. The molecule has 0 bridgehead atoms. The Hall–Kier alpha value is -0.830. The lowest BCUT2D eigenvalue weighted by atomic mass is 10.3. The van der Waals surface area contributed by atoms with E-state index in [1.165, 1.54) is 0 Å². The van der Waals surface area contributed by atoms with Crippen LogP contribution < -0.4 is 4.90 Å². The molecule has 12 heavy (non-hydrogen) atoms. The molecule has 0 aromatic heterocycles. The van der Waals surface area contributed by atoms with Crippen molar-refractivity contribution in [1.29, 1.82) is 0 Å². The molecule has 1 N–H and O–H groups in total. The van der Waals surface area contributed by atoms with E-state index in [0.29, 0.717) is 5.75 Å². The maximum absolute atomic E-state index is 9.54. The molecule has 0 heterocycles. The third-order valence-electron chi connectivity index (χ3n) is 1.66. The van der Waals surface area contributed by atoms with Crippen LogP contribution in [-0.4, -0.2) is 25.5 Å². The van der Waals surface area contributed by atoms with Gasteiger partial charge in [-0.25, -0.2) is 0 Å². The van der Waals surface area contributed by atoms with Crippen molar-refractivity contribution in [2.24, 2.45) is 0 Å². The fraction of sp³-hybridized carbons (Fsp3) is 0.333. The van der Waals surface area contributed by atoms with Crippen molar-refractivity contribution < 1.29 is 5.11 Å². The standard InChI is InChI=1S/C9H13NOS/c1-10(2)8-5-4-7(12-3)6-9(8)11/h4-6,11H,1-3H3. The number of phenols is 1. The van der Waals surface area contributed by atoms with E-state index in [4.69, 9.17) is 0 Å². The van der Waals surface area contributed by atoms with Crippen molar-refractivity contribution in [3.63, 3.8) is 0 Å². The molecule has 0 unspecified atom stereocenters. The first kappa shape index (κ1) is 9.26. The molecular weight excluding hydrogens is 170 g/mol. The van der Waals surface area contributed by atoms with Crippen LogP contribution in [-0.2, 0) is 0 Å². The summed E-state index contributed by atoms with van der Waals surface area (Å²) in [7, 11) is 3.82. The number of rotatable bonds is 2. The minimum absolute atomic E-state index is 0.340. The molecule has 3 heteroatoms. The quantitative estimate of drug-likeness (QED) is 0.711. The highest BCUT2D eigenvalue weighted by molar-refractivity contribution is 7.98. The second-order valence-electron chi connectivity index (χ2n) is 2.75. The first-order valence-corrected chi connectivity index (χ1v) is 4.92. The Kier molecular flexibility index (Phi) is 2.87. The Bertz CT molecular complexity index is 273. The zero-order valence-electron chi connectivity index (χ0n) is 7.53. The van der Waals surface area contributed by atoms with Crippen LogP contribution in [0.2, 0.25) is 0 Å². The molecule has 66 valence electrons. The van der Waals surface area contributed by atoms with Crippen molar-refractivity contribution in [2.75, 3.05) is 25.3 Å². The molecule has 1 aromatic carbocycles. The van der Waals surface area contributed by atoms with Gasteiger partial charge in [0.15, 0.2) is 0 Å². The maximum Gasteiger partial charge on any atom is 0.139 e. The molecule has 0 radical (unpaired) electrons. The number of thioether (sulfide) groups is 1. The average Bonchev–Trinajstić information content (AvgIpc) is 2.03. The number of nitrogens with zero attached hydrogens (tertiary/aromatic N) is 1. The van der Waals surface area contributed by atoms with E-state index < -0.39 is 0 Å². The molecule has 0 aliphatic heterocycles. The number of aromatic hydroxyl groups is 1. The van der Waals surface area contributed by atoms with Crippen LogP contribution in [0.4, 0.5) is 5.69 Å². The number of benzene rings is 1. The molecule has 0 saturated heterocycles. The Morgan fingerprint density at radius 1 is 1.33 bits per heavy atom. The van der Waals surface area contributed by atoms with E-state index in [1.54, 1.807) is 17.8 Å². The molecule has 0 amide bonds. The SMILES string of the molecule is CSc1ccc(N(C)C)c(O)c1. The lowest BCUT2D eigenvalue weighted by Gasteiger charge is -2.14. The van der Waals surface area contributed by atoms with Gasteiger partial charge in [0.1, 0.15) is 5.75 Å². The highest BCUT2D eigenvalue weighted by atomic mass is 32.2. The Balaban J connectivity index is 3.03. The van der Waals surface area contributed by atoms with Gasteiger partial charge in [-0.05, 0) is 24.5 Å². The molecule has 1 aromatic rings. The van der Waals surface area contributed by atoms with Crippen molar-refractivity contribution in [3.05, 3.63) is 18.2 Å². The van der Waals surface area contributed by atoms with E-state index in [1.807, 2.05) is 37.4 Å². The Labute approximate surface area is 77.2 Å². The van der Waals surface area contributed by atoms with Gasteiger partial charge in [0.2, 0.25) is 0 Å². The second-order valence-corrected chi connectivity index (χ2v) is 3.63. The molecule has 1 rings (SSSR count). The van der Waals surface area contributed by atoms with Gasteiger partial charge in [-0.1, -0.05) is 0 Å². The molecule has 2 nitrogen and oxygen atoms in total. The lowest BCUT2D eigenvalue weighted by molar-refractivity contribution is 0.474. The summed E-state index contributed by atoms with van der Waals surface area (Å²) >= 11 is 1.62. The summed E-state index contributed by atoms with van der Waals surface area (Å²) in [4.78, 5) is 2.97. The van der Waals surface area contributed by atoms with E-state index in [0.717, 1.165) is 10.6 Å². The number of hydrogen-bond acceptors (Lipinski definition) is 3. The van der Waals surface area contributed by atoms with Crippen molar-refractivity contribution in [1.82, 2.24) is 0 Å². The molecule has 0 saturated carbocycles. The van der Waals surface area contributed by atoms with E-state index in [2.05, 4.69) is 0 Å². The summed E-state index contributed by atoms with van der Waals surface area (Å²) in [6.45, 7) is 0. The number of hydrogen-bond donors (Lipinski definition) is 1. The molecule has 0 aliphatic carbocycles. The summed E-state index contributed by atoms with van der Waals surface area (Å²) in [5.74, 6) is 0.340. The highest BCUT2D eigenvalue weighted by Crippen LogP contribution is 2.29. The maximum atomic E-state index is 9.54. The molecule has 0 aliphatic rings. The first-order chi connectivity index (χ1) is 5.65. The number of anilines is 1. The van der Waals surface area contributed by atoms with Crippen LogP contribution in [0.25, 0.3) is 0 Å². The largest absolute Gasteiger partial charge is 0.506 e. The van der Waals surface area contributed by atoms with Crippen molar-refractivity contribution >= 4 is 17.4 Å². The van der Waals surface area contributed by atoms with E-state index in [9.17, 15) is 5.11 Å². The van der Waals surface area contributed by atoms with E-state index in [-0.39, 0.29) is 0 Å². The molecule has 0 atom stereocenters. The summed E-state index contributed by atoms with van der Waals surface area (Å²) in [6.07, 6.45) is 1.99. The fourth-order valence-electron chi connectivity index (χ4n) is 1.01. The average molecular weight is 183 g/mol. The molecular formula is C9H13NOS. The highest BCUT2D eigenvalue weighted by Gasteiger charge is 2.02. The van der Waals surface area contributed by atoms with Crippen LogP contribution in [0.5, 0.6) is 5.75 Å².